The summed E-state index contributed by atoms with van der Waals surface area (Å²) < 4.78 is 17.1. The van der Waals surface area contributed by atoms with Gasteiger partial charge in [0.1, 0.15) is 12.2 Å². The number of methoxy groups -OCH3 is 1. The highest BCUT2D eigenvalue weighted by Crippen LogP contribution is 2.40. The highest BCUT2D eigenvalue weighted by molar-refractivity contribution is 5.78. The van der Waals surface area contributed by atoms with E-state index in [1.165, 1.54) is 0 Å². The summed E-state index contributed by atoms with van der Waals surface area (Å²) in [6.07, 6.45) is 1.38. The number of rotatable bonds is 1. The number of carbonyl (C=O) groups is 1. The molecule has 0 aromatic heterocycles. The quantitative estimate of drug-likeness (QED) is 0.672. The second-order valence-electron chi connectivity index (χ2n) is 5.55. The van der Waals surface area contributed by atoms with E-state index < -0.39 is 5.79 Å². The fourth-order valence-electron chi connectivity index (χ4n) is 3.23. The van der Waals surface area contributed by atoms with Crippen LogP contribution in [-0.2, 0) is 19.0 Å². The van der Waals surface area contributed by atoms with E-state index in [4.69, 9.17) is 14.2 Å². The molecule has 3 aliphatic heterocycles. The molecule has 3 aliphatic rings. The van der Waals surface area contributed by atoms with Crippen LogP contribution >= 0.6 is 0 Å². The van der Waals surface area contributed by atoms with E-state index >= 15 is 0 Å². The molecular formula is C12H19NO4. The van der Waals surface area contributed by atoms with Gasteiger partial charge in [-0.3, -0.25) is 4.79 Å². The standard InChI is InChI=1S/C12H19NO4/c1-12(2)16-9-6-13-8(11(9)17-12)4-7(15-3)5-10(13)14/h7-9,11H,4-6H2,1-3H3/t7-,8+,9+,11-/m0/s1. The Kier molecular flexibility index (Phi) is 2.47. The molecule has 17 heavy (non-hydrogen) atoms. The summed E-state index contributed by atoms with van der Waals surface area (Å²) in [6, 6.07) is 0.118. The van der Waals surface area contributed by atoms with Crippen molar-refractivity contribution in [2.24, 2.45) is 0 Å². The molecule has 3 fully saturated rings. The summed E-state index contributed by atoms with van der Waals surface area (Å²) in [5, 5.41) is 0. The number of nitrogens with zero attached hydrogens (tertiary/aromatic N) is 1. The van der Waals surface area contributed by atoms with Crippen LogP contribution in [0.4, 0.5) is 0 Å². The highest BCUT2D eigenvalue weighted by atomic mass is 16.8. The minimum absolute atomic E-state index is 0.00639. The first-order chi connectivity index (χ1) is 8.00. The van der Waals surface area contributed by atoms with Gasteiger partial charge in [-0.15, -0.1) is 0 Å². The van der Waals surface area contributed by atoms with Crippen molar-refractivity contribution in [3.8, 4) is 0 Å². The fraction of sp³-hybridized carbons (Fsp3) is 0.917. The zero-order chi connectivity index (χ0) is 12.2. The number of fused-ring (bicyclic) bond motifs is 3. The molecule has 0 bridgehead atoms. The van der Waals surface area contributed by atoms with Crippen LogP contribution in [-0.4, -0.2) is 54.6 Å². The lowest BCUT2D eigenvalue weighted by atomic mass is 9.97. The van der Waals surface area contributed by atoms with Gasteiger partial charge in [-0.1, -0.05) is 0 Å². The summed E-state index contributed by atoms with van der Waals surface area (Å²) in [6.45, 7) is 4.51. The molecule has 5 nitrogen and oxygen atoms in total. The maximum atomic E-state index is 12.0. The van der Waals surface area contributed by atoms with Crippen LogP contribution < -0.4 is 0 Å². The molecule has 0 aromatic carbocycles. The number of amides is 1. The highest BCUT2D eigenvalue weighted by Gasteiger charge is 2.55. The van der Waals surface area contributed by atoms with Crippen molar-refractivity contribution in [1.82, 2.24) is 4.90 Å². The van der Waals surface area contributed by atoms with E-state index in [0.29, 0.717) is 13.0 Å². The molecule has 0 aliphatic carbocycles. The van der Waals surface area contributed by atoms with Gasteiger partial charge in [0.2, 0.25) is 5.91 Å². The Labute approximate surface area is 101 Å². The molecule has 1 amide bonds. The van der Waals surface area contributed by atoms with Gasteiger partial charge in [-0.25, -0.2) is 0 Å². The van der Waals surface area contributed by atoms with Gasteiger partial charge < -0.3 is 19.1 Å². The molecule has 0 unspecified atom stereocenters. The fourth-order valence-corrected chi connectivity index (χ4v) is 3.23. The first-order valence-corrected chi connectivity index (χ1v) is 6.18. The largest absolute Gasteiger partial charge is 0.381 e. The third kappa shape index (κ3) is 1.77. The predicted molar refractivity (Wildman–Crippen MR) is 59.4 cm³/mol. The van der Waals surface area contributed by atoms with Crippen molar-refractivity contribution in [3.63, 3.8) is 0 Å². The van der Waals surface area contributed by atoms with Crippen LogP contribution in [0.3, 0.4) is 0 Å². The lowest BCUT2D eigenvalue weighted by Gasteiger charge is -2.36. The van der Waals surface area contributed by atoms with Crippen molar-refractivity contribution in [2.45, 2.75) is 56.8 Å². The third-order valence-electron chi connectivity index (χ3n) is 3.94. The van der Waals surface area contributed by atoms with Crippen molar-refractivity contribution < 1.29 is 19.0 Å². The Morgan fingerprint density at radius 2 is 2.18 bits per heavy atom. The van der Waals surface area contributed by atoms with E-state index in [9.17, 15) is 4.79 Å². The Morgan fingerprint density at radius 1 is 1.41 bits per heavy atom. The topological polar surface area (TPSA) is 48.0 Å². The molecule has 3 saturated heterocycles. The van der Waals surface area contributed by atoms with Gasteiger partial charge in [0.15, 0.2) is 5.79 Å². The maximum Gasteiger partial charge on any atom is 0.225 e. The van der Waals surface area contributed by atoms with Crippen molar-refractivity contribution in [1.29, 1.82) is 0 Å². The van der Waals surface area contributed by atoms with Gasteiger partial charge in [0, 0.05) is 7.11 Å². The molecule has 0 saturated carbocycles. The number of ether oxygens (including phenoxy) is 3. The van der Waals surface area contributed by atoms with Gasteiger partial charge in [0.05, 0.1) is 25.1 Å². The van der Waals surface area contributed by atoms with Gasteiger partial charge in [-0.05, 0) is 20.3 Å². The molecule has 3 heterocycles. The van der Waals surface area contributed by atoms with Crippen LogP contribution in [0.1, 0.15) is 26.7 Å². The Balaban J connectivity index is 1.80. The van der Waals surface area contributed by atoms with Gasteiger partial charge in [-0.2, -0.15) is 0 Å². The summed E-state index contributed by atoms with van der Waals surface area (Å²) in [5.41, 5.74) is 0. The Bertz CT molecular complexity index is 343. The summed E-state index contributed by atoms with van der Waals surface area (Å²) in [4.78, 5) is 13.9. The van der Waals surface area contributed by atoms with E-state index in [1.54, 1.807) is 7.11 Å². The molecule has 4 atom stereocenters. The zero-order valence-electron chi connectivity index (χ0n) is 10.5. The monoisotopic (exact) mass is 241 g/mol. The first-order valence-electron chi connectivity index (χ1n) is 6.18. The second-order valence-corrected chi connectivity index (χ2v) is 5.55. The number of carbonyl (C=O) groups excluding carboxylic acids is 1. The SMILES string of the molecule is CO[C@@H]1CC(=O)N2C[C@H]3OC(C)(C)O[C@H]3[C@H]2C1. The lowest BCUT2D eigenvalue weighted by Crippen LogP contribution is -2.49. The van der Waals surface area contributed by atoms with Crippen molar-refractivity contribution in [2.75, 3.05) is 13.7 Å². The van der Waals surface area contributed by atoms with E-state index in [1.807, 2.05) is 18.7 Å². The minimum Gasteiger partial charge on any atom is -0.381 e. The molecule has 5 heteroatoms. The molecular weight excluding hydrogens is 222 g/mol. The Morgan fingerprint density at radius 3 is 2.88 bits per heavy atom. The van der Waals surface area contributed by atoms with Gasteiger partial charge in [0.25, 0.3) is 0 Å². The molecule has 3 rings (SSSR count). The smallest absolute Gasteiger partial charge is 0.225 e. The number of hydrogen-bond donors (Lipinski definition) is 0. The predicted octanol–water partition coefficient (Wildman–Crippen LogP) is 0.526. The van der Waals surface area contributed by atoms with Crippen LogP contribution in [0.5, 0.6) is 0 Å². The second kappa shape index (κ2) is 3.67. The molecule has 0 spiro atoms. The average molecular weight is 241 g/mol. The molecule has 0 N–H and O–H groups in total. The summed E-state index contributed by atoms with van der Waals surface area (Å²) >= 11 is 0. The van der Waals surface area contributed by atoms with Crippen LogP contribution in [0.25, 0.3) is 0 Å². The van der Waals surface area contributed by atoms with E-state index in [2.05, 4.69) is 0 Å². The zero-order valence-corrected chi connectivity index (χ0v) is 10.5. The lowest BCUT2D eigenvalue weighted by molar-refractivity contribution is -0.173. The van der Waals surface area contributed by atoms with Crippen LogP contribution in [0.15, 0.2) is 0 Å². The van der Waals surface area contributed by atoms with Gasteiger partial charge >= 0.3 is 0 Å². The normalized spacial score (nSPS) is 43.7. The summed E-state index contributed by atoms with van der Waals surface area (Å²) in [5.74, 6) is -0.364. The maximum absolute atomic E-state index is 12.0. The molecule has 96 valence electrons. The van der Waals surface area contributed by atoms with E-state index in [0.717, 1.165) is 6.42 Å². The van der Waals surface area contributed by atoms with E-state index in [-0.39, 0.29) is 30.3 Å². The number of hydrogen-bond acceptors (Lipinski definition) is 4. The minimum atomic E-state index is -0.523. The van der Waals surface area contributed by atoms with Crippen molar-refractivity contribution >= 4 is 5.91 Å². The average Bonchev–Trinajstić information content (AvgIpc) is 2.71. The molecule has 0 radical (unpaired) electrons. The Hall–Kier alpha value is -0.650. The molecule has 0 aromatic rings. The van der Waals surface area contributed by atoms with Crippen LogP contribution in [0, 0.1) is 0 Å². The third-order valence-corrected chi connectivity index (χ3v) is 3.94. The summed E-state index contributed by atoms with van der Waals surface area (Å²) in [7, 11) is 1.66. The van der Waals surface area contributed by atoms with Crippen molar-refractivity contribution in [3.05, 3.63) is 0 Å². The van der Waals surface area contributed by atoms with Crippen LogP contribution in [0.2, 0.25) is 0 Å². The number of piperidine rings is 1. The first kappa shape index (κ1) is 11.4.